The molecule has 24 heavy (non-hydrogen) atoms. The van der Waals surface area contributed by atoms with Crippen LogP contribution < -0.4 is 10.1 Å². The van der Waals surface area contributed by atoms with E-state index < -0.39 is 0 Å². The highest BCUT2D eigenvalue weighted by Crippen LogP contribution is 2.33. The molecule has 2 rings (SSSR count). The Kier molecular flexibility index (Phi) is 7.67. The predicted molar refractivity (Wildman–Crippen MR) is 103 cm³/mol. The van der Waals surface area contributed by atoms with Crippen molar-refractivity contribution in [3.63, 3.8) is 0 Å². The van der Waals surface area contributed by atoms with E-state index in [1.54, 1.807) is 37.1 Å². The molecule has 130 valence electrons. The Morgan fingerprint density at radius 3 is 2.88 bits per heavy atom. The maximum Gasteiger partial charge on any atom is 0.237 e. The molecule has 0 radical (unpaired) electrons. The second kappa shape index (κ2) is 9.50. The smallest absolute Gasteiger partial charge is 0.237 e. The molecule has 0 aliphatic heterocycles. The van der Waals surface area contributed by atoms with Crippen molar-refractivity contribution in [3.05, 3.63) is 23.2 Å². The van der Waals surface area contributed by atoms with Gasteiger partial charge in [0.25, 0.3) is 0 Å². The highest BCUT2D eigenvalue weighted by molar-refractivity contribution is 8.03. The molecule has 0 unspecified atom stereocenters. The maximum absolute atomic E-state index is 12.4. The zero-order chi connectivity index (χ0) is 17.5. The molecule has 0 aliphatic rings. The van der Waals surface area contributed by atoms with Crippen molar-refractivity contribution < 1.29 is 9.53 Å². The molecule has 0 spiro atoms. The number of nitrogens with zero attached hydrogens (tertiary/aromatic N) is 2. The van der Waals surface area contributed by atoms with Crippen LogP contribution in [0.1, 0.15) is 20.3 Å². The fourth-order valence-electron chi connectivity index (χ4n) is 1.71. The van der Waals surface area contributed by atoms with Gasteiger partial charge < -0.3 is 10.1 Å². The van der Waals surface area contributed by atoms with E-state index in [1.165, 1.54) is 23.1 Å². The Balaban J connectivity index is 1.97. The number of halogens is 1. The molecule has 0 bridgehead atoms. The minimum Gasteiger partial charge on any atom is -0.495 e. The number of carbonyl (C=O) groups is 1. The summed E-state index contributed by atoms with van der Waals surface area (Å²) in [6.07, 6.45) is 1.09. The molecule has 0 aliphatic carbocycles. The quantitative estimate of drug-likeness (QED) is 0.637. The number of nitrogens with one attached hydrogen (secondary N) is 1. The van der Waals surface area contributed by atoms with Crippen LogP contribution in [0, 0.1) is 0 Å². The number of amides is 1. The predicted octanol–water partition coefficient (Wildman–Crippen LogP) is 4.82. The van der Waals surface area contributed by atoms with Crippen LogP contribution in [-0.4, -0.2) is 34.2 Å². The van der Waals surface area contributed by atoms with Gasteiger partial charge in [-0.25, -0.2) is 0 Å². The Bertz CT molecular complexity index is 696. The lowest BCUT2D eigenvalue weighted by Crippen LogP contribution is -2.22. The van der Waals surface area contributed by atoms with Crippen LogP contribution in [0.2, 0.25) is 5.02 Å². The number of thioether (sulfide) groups is 2. The lowest BCUT2D eigenvalue weighted by Gasteiger charge is -2.13. The summed E-state index contributed by atoms with van der Waals surface area (Å²) in [5, 5.41) is 11.3. The van der Waals surface area contributed by atoms with Crippen LogP contribution >= 0.6 is 46.5 Å². The standard InChI is InChI=1S/C15H18ClN3O2S3/c1-4-7-22-14-18-19-15(24-14)23-9(2)13(20)17-11-8-10(16)5-6-12(11)21-3/h5-6,8-9H,4,7H2,1-3H3,(H,17,20)/t9-/m1/s1. The Morgan fingerprint density at radius 2 is 2.17 bits per heavy atom. The number of aromatic nitrogens is 2. The molecule has 1 atom stereocenters. The minimum absolute atomic E-state index is 0.140. The van der Waals surface area contributed by atoms with Crippen molar-refractivity contribution in [1.82, 2.24) is 10.2 Å². The van der Waals surface area contributed by atoms with Crippen LogP contribution in [0.5, 0.6) is 5.75 Å². The third-order valence-electron chi connectivity index (χ3n) is 2.88. The summed E-state index contributed by atoms with van der Waals surface area (Å²) in [7, 11) is 1.55. The lowest BCUT2D eigenvalue weighted by molar-refractivity contribution is -0.115. The number of benzene rings is 1. The first-order valence-corrected chi connectivity index (χ1v) is 10.4. The number of anilines is 1. The van der Waals surface area contributed by atoms with Gasteiger partial charge in [0.05, 0.1) is 18.0 Å². The second-order valence-electron chi connectivity index (χ2n) is 4.78. The summed E-state index contributed by atoms with van der Waals surface area (Å²) < 4.78 is 6.96. The maximum atomic E-state index is 12.4. The summed E-state index contributed by atoms with van der Waals surface area (Å²) in [4.78, 5) is 12.4. The van der Waals surface area contributed by atoms with Crippen molar-refractivity contribution >= 4 is 58.1 Å². The van der Waals surface area contributed by atoms with E-state index in [-0.39, 0.29) is 11.2 Å². The highest BCUT2D eigenvalue weighted by Gasteiger charge is 2.19. The Hall–Kier alpha value is -0.960. The lowest BCUT2D eigenvalue weighted by atomic mass is 10.3. The number of hydrogen-bond acceptors (Lipinski definition) is 7. The number of ether oxygens (including phenoxy) is 1. The number of methoxy groups -OCH3 is 1. The van der Waals surface area contributed by atoms with Crippen LogP contribution in [-0.2, 0) is 4.79 Å². The number of rotatable bonds is 8. The van der Waals surface area contributed by atoms with Gasteiger partial charge >= 0.3 is 0 Å². The van der Waals surface area contributed by atoms with Crippen molar-refractivity contribution in [3.8, 4) is 5.75 Å². The summed E-state index contributed by atoms with van der Waals surface area (Å²) in [5.41, 5.74) is 0.555. The number of hydrogen-bond donors (Lipinski definition) is 1. The van der Waals surface area contributed by atoms with Crippen LogP contribution in [0.15, 0.2) is 26.9 Å². The highest BCUT2D eigenvalue weighted by atomic mass is 35.5. The van der Waals surface area contributed by atoms with E-state index in [4.69, 9.17) is 16.3 Å². The van der Waals surface area contributed by atoms with Gasteiger partial charge in [0, 0.05) is 10.8 Å². The fourth-order valence-corrected chi connectivity index (χ4v) is 4.97. The van der Waals surface area contributed by atoms with E-state index in [0.717, 1.165) is 20.9 Å². The summed E-state index contributed by atoms with van der Waals surface area (Å²) >= 11 is 10.6. The molecular formula is C15H18ClN3O2S3. The molecule has 1 N–H and O–H groups in total. The third kappa shape index (κ3) is 5.54. The second-order valence-corrected chi connectivity index (χ2v) is 9.12. The summed E-state index contributed by atoms with van der Waals surface area (Å²) in [6.45, 7) is 3.96. The van der Waals surface area contributed by atoms with Crippen LogP contribution in [0.3, 0.4) is 0 Å². The van der Waals surface area contributed by atoms with E-state index in [1.807, 2.05) is 6.92 Å². The Morgan fingerprint density at radius 1 is 1.42 bits per heavy atom. The van der Waals surface area contributed by atoms with E-state index in [9.17, 15) is 4.79 Å². The van der Waals surface area contributed by atoms with Gasteiger partial charge in [-0.3, -0.25) is 4.79 Å². The molecule has 0 fully saturated rings. The average Bonchev–Trinajstić information content (AvgIpc) is 3.00. The van der Waals surface area contributed by atoms with Crippen molar-refractivity contribution in [1.29, 1.82) is 0 Å². The van der Waals surface area contributed by atoms with Crippen LogP contribution in [0.25, 0.3) is 0 Å². The first-order chi connectivity index (χ1) is 11.5. The topological polar surface area (TPSA) is 64.1 Å². The molecule has 9 heteroatoms. The third-order valence-corrected chi connectivity index (χ3v) is 6.57. The molecule has 2 aromatic rings. The molecular weight excluding hydrogens is 386 g/mol. The molecule has 0 saturated heterocycles. The van der Waals surface area contributed by atoms with Gasteiger partial charge in [-0.1, -0.05) is 53.4 Å². The van der Waals surface area contributed by atoms with Crippen molar-refractivity contribution in [2.24, 2.45) is 0 Å². The van der Waals surface area contributed by atoms with Gasteiger partial charge in [0.2, 0.25) is 5.91 Å². The van der Waals surface area contributed by atoms with Gasteiger partial charge in [0.15, 0.2) is 8.68 Å². The average molecular weight is 404 g/mol. The molecule has 0 saturated carbocycles. The first-order valence-electron chi connectivity index (χ1n) is 7.30. The molecule has 1 heterocycles. The normalized spacial score (nSPS) is 12.0. The SMILES string of the molecule is CCCSc1nnc(S[C@H](C)C(=O)Nc2cc(Cl)ccc2OC)s1. The largest absolute Gasteiger partial charge is 0.495 e. The van der Waals surface area contributed by atoms with Gasteiger partial charge in [0.1, 0.15) is 5.75 Å². The zero-order valence-electron chi connectivity index (χ0n) is 13.5. The zero-order valence-corrected chi connectivity index (χ0v) is 16.7. The summed E-state index contributed by atoms with van der Waals surface area (Å²) in [5.74, 6) is 1.45. The van der Waals surface area contributed by atoms with E-state index in [2.05, 4.69) is 22.4 Å². The summed E-state index contributed by atoms with van der Waals surface area (Å²) in [6, 6.07) is 5.10. The van der Waals surface area contributed by atoms with E-state index >= 15 is 0 Å². The number of carbonyl (C=O) groups excluding carboxylic acids is 1. The molecule has 1 amide bonds. The van der Waals surface area contributed by atoms with Crippen molar-refractivity contribution in [2.45, 2.75) is 34.2 Å². The fraction of sp³-hybridized carbons (Fsp3) is 0.400. The minimum atomic E-state index is -0.314. The van der Waals surface area contributed by atoms with E-state index in [0.29, 0.717) is 16.5 Å². The molecule has 1 aromatic heterocycles. The molecule has 5 nitrogen and oxygen atoms in total. The van der Waals surface area contributed by atoms with Gasteiger partial charge in [-0.05, 0) is 31.5 Å². The Labute approximate surface area is 158 Å². The van der Waals surface area contributed by atoms with Gasteiger partial charge in [-0.2, -0.15) is 0 Å². The van der Waals surface area contributed by atoms with Crippen molar-refractivity contribution in [2.75, 3.05) is 18.2 Å². The van der Waals surface area contributed by atoms with Gasteiger partial charge in [-0.15, -0.1) is 10.2 Å². The first kappa shape index (κ1) is 19.4. The van der Waals surface area contributed by atoms with Crippen LogP contribution in [0.4, 0.5) is 5.69 Å². The monoisotopic (exact) mass is 403 g/mol. The molecule has 1 aromatic carbocycles.